The lowest BCUT2D eigenvalue weighted by Crippen LogP contribution is -2.54. The lowest BCUT2D eigenvalue weighted by molar-refractivity contribution is -0.386. The van der Waals surface area contributed by atoms with Crippen molar-refractivity contribution in [2.24, 2.45) is 0 Å². The summed E-state index contributed by atoms with van der Waals surface area (Å²) in [6.07, 6.45) is -1.42. The Balaban J connectivity index is 2.18. The van der Waals surface area contributed by atoms with Crippen LogP contribution in [0.3, 0.4) is 0 Å². The van der Waals surface area contributed by atoms with Gasteiger partial charge in [-0.15, -0.1) is 0 Å². The number of halogens is 1. The number of nitro groups is 1. The van der Waals surface area contributed by atoms with Crippen molar-refractivity contribution < 1.29 is 23.9 Å². The Morgan fingerprint density at radius 3 is 2.83 bits per heavy atom. The molecule has 1 N–H and O–H groups in total. The van der Waals surface area contributed by atoms with Crippen LogP contribution in [-0.2, 0) is 4.74 Å². The summed E-state index contributed by atoms with van der Waals surface area (Å²) in [5.41, 5.74) is -0.312. The predicted octanol–water partition coefficient (Wildman–Crippen LogP) is 1.26. The van der Waals surface area contributed by atoms with Crippen LogP contribution in [0.4, 0.5) is 10.1 Å². The summed E-state index contributed by atoms with van der Waals surface area (Å²) in [5, 5.41) is 20.1. The van der Waals surface area contributed by atoms with Crippen molar-refractivity contribution in [1.29, 1.82) is 0 Å². The average Bonchev–Trinajstić information content (AvgIpc) is 2.28. The number of nitrogens with zero attached hydrogens (tertiary/aromatic N) is 1. The van der Waals surface area contributed by atoms with Gasteiger partial charge in [-0.2, -0.15) is 0 Å². The molecule has 0 aromatic heterocycles. The van der Waals surface area contributed by atoms with Gasteiger partial charge in [0.1, 0.15) is 18.0 Å². The highest BCUT2D eigenvalue weighted by atomic mass is 19.1. The standard InChI is InChI=1S/C11H12FNO5/c1-17-11-8(14)5-10(11)18-9-4-6(12)2-3-7(9)13(15)16/h2-4,8,10-11,14H,5H2,1H3. The maximum Gasteiger partial charge on any atom is 0.311 e. The maximum absolute atomic E-state index is 13.1. The van der Waals surface area contributed by atoms with E-state index in [9.17, 15) is 19.6 Å². The Kier molecular flexibility index (Phi) is 3.44. The minimum atomic E-state index is -0.660. The molecule has 1 fully saturated rings. The molecule has 0 bridgehead atoms. The molecule has 1 aliphatic rings. The highest BCUT2D eigenvalue weighted by Gasteiger charge is 2.43. The van der Waals surface area contributed by atoms with Crippen molar-refractivity contribution >= 4 is 5.69 Å². The van der Waals surface area contributed by atoms with Crippen LogP contribution in [0.15, 0.2) is 18.2 Å². The van der Waals surface area contributed by atoms with Crippen LogP contribution in [0.2, 0.25) is 0 Å². The van der Waals surface area contributed by atoms with E-state index in [-0.39, 0.29) is 11.4 Å². The van der Waals surface area contributed by atoms with E-state index in [0.29, 0.717) is 6.42 Å². The van der Waals surface area contributed by atoms with Gasteiger partial charge in [-0.3, -0.25) is 10.1 Å². The number of rotatable bonds is 4. The number of aliphatic hydroxyl groups excluding tert-OH is 1. The molecule has 1 aromatic rings. The fraction of sp³-hybridized carbons (Fsp3) is 0.455. The van der Waals surface area contributed by atoms with Crippen molar-refractivity contribution in [2.75, 3.05) is 7.11 Å². The van der Waals surface area contributed by atoms with E-state index >= 15 is 0 Å². The Morgan fingerprint density at radius 1 is 1.56 bits per heavy atom. The van der Waals surface area contributed by atoms with E-state index in [4.69, 9.17) is 9.47 Å². The number of hydrogen-bond donors (Lipinski definition) is 1. The van der Waals surface area contributed by atoms with Gasteiger partial charge in [-0.25, -0.2) is 4.39 Å². The zero-order chi connectivity index (χ0) is 13.3. The summed E-state index contributed by atoms with van der Waals surface area (Å²) in [4.78, 5) is 10.1. The molecule has 6 nitrogen and oxygen atoms in total. The van der Waals surface area contributed by atoms with Gasteiger partial charge >= 0.3 is 5.69 Å². The molecule has 98 valence electrons. The van der Waals surface area contributed by atoms with Gasteiger partial charge in [0.15, 0.2) is 5.75 Å². The van der Waals surface area contributed by atoms with Crippen LogP contribution in [0.1, 0.15) is 6.42 Å². The van der Waals surface area contributed by atoms with Crippen LogP contribution in [0, 0.1) is 15.9 Å². The van der Waals surface area contributed by atoms with Crippen molar-refractivity contribution in [1.82, 2.24) is 0 Å². The number of hydrogen-bond acceptors (Lipinski definition) is 5. The zero-order valence-electron chi connectivity index (χ0n) is 9.58. The van der Waals surface area contributed by atoms with Crippen LogP contribution in [0.5, 0.6) is 5.75 Å². The summed E-state index contributed by atoms with van der Waals surface area (Å²) in [5.74, 6) is -0.775. The highest BCUT2D eigenvalue weighted by molar-refractivity contribution is 5.46. The minimum Gasteiger partial charge on any atom is -0.480 e. The zero-order valence-corrected chi connectivity index (χ0v) is 9.58. The molecule has 18 heavy (non-hydrogen) atoms. The van der Waals surface area contributed by atoms with E-state index in [2.05, 4.69) is 0 Å². The molecule has 7 heteroatoms. The molecular formula is C11H12FNO5. The molecule has 3 unspecified atom stereocenters. The van der Waals surface area contributed by atoms with Crippen LogP contribution in [-0.4, -0.2) is 35.5 Å². The Bertz CT molecular complexity index is 467. The normalized spacial score (nSPS) is 26.5. The van der Waals surface area contributed by atoms with Gasteiger partial charge in [-0.1, -0.05) is 0 Å². The van der Waals surface area contributed by atoms with E-state index < -0.39 is 29.1 Å². The number of ether oxygens (including phenoxy) is 2. The Hall–Kier alpha value is -1.73. The van der Waals surface area contributed by atoms with Gasteiger partial charge in [0.25, 0.3) is 0 Å². The van der Waals surface area contributed by atoms with Gasteiger partial charge in [-0.05, 0) is 6.07 Å². The fourth-order valence-electron chi connectivity index (χ4n) is 1.88. The number of aliphatic hydroxyl groups is 1. The van der Waals surface area contributed by atoms with Crippen molar-refractivity contribution in [3.63, 3.8) is 0 Å². The summed E-state index contributed by atoms with van der Waals surface area (Å²) in [7, 11) is 1.41. The maximum atomic E-state index is 13.1. The third kappa shape index (κ3) is 2.27. The van der Waals surface area contributed by atoms with Crippen LogP contribution >= 0.6 is 0 Å². The molecule has 0 heterocycles. The van der Waals surface area contributed by atoms with Gasteiger partial charge in [0, 0.05) is 25.7 Å². The summed E-state index contributed by atoms with van der Waals surface area (Å²) < 4.78 is 23.4. The predicted molar refractivity (Wildman–Crippen MR) is 58.9 cm³/mol. The molecule has 0 radical (unpaired) electrons. The van der Waals surface area contributed by atoms with Crippen LogP contribution < -0.4 is 4.74 Å². The molecule has 2 rings (SSSR count). The van der Waals surface area contributed by atoms with Crippen molar-refractivity contribution in [2.45, 2.75) is 24.7 Å². The molecular weight excluding hydrogens is 245 g/mol. The van der Waals surface area contributed by atoms with E-state index in [1.807, 2.05) is 0 Å². The number of methoxy groups -OCH3 is 1. The van der Waals surface area contributed by atoms with E-state index in [1.54, 1.807) is 0 Å². The number of benzene rings is 1. The second kappa shape index (κ2) is 4.87. The molecule has 0 aliphatic heterocycles. The molecule has 0 saturated heterocycles. The lowest BCUT2D eigenvalue weighted by Gasteiger charge is -2.39. The fourth-order valence-corrected chi connectivity index (χ4v) is 1.88. The highest BCUT2D eigenvalue weighted by Crippen LogP contribution is 2.34. The molecule has 1 saturated carbocycles. The van der Waals surface area contributed by atoms with E-state index in [0.717, 1.165) is 18.2 Å². The molecule has 3 atom stereocenters. The van der Waals surface area contributed by atoms with E-state index in [1.165, 1.54) is 7.11 Å². The van der Waals surface area contributed by atoms with Gasteiger partial charge in [0.2, 0.25) is 0 Å². The largest absolute Gasteiger partial charge is 0.480 e. The Morgan fingerprint density at radius 2 is 2.28 bits per heavy atom. The Labute approximate surface area is 102 Å². The van der Waals surface area contributed by atoms with Crippen molar-refractivity contribution in [3.05, 3.63) is 34.1 Å². The van der Waals surface area contributed by atoms with Gasteiger partial charge < -0.3 is 14.6 Å². The van der Waals surface area contributed by atoms with Gasteiger partial charge in [0.05, 0.1) is 11.0 Å². The minimum absolute atomic E-state index is 0.154. The first-order valence-electron chi connectivity index (χ1n) is 5.34. The van der Waals surface area contributed by atoms with Crippen LogP contribution in [0.25, 0.3) is 0 Å². The summed E-state index contributed by atoms with van der Waals surface area (Å²) in [6, 6.07) is 2.99. The molecule has 1 aliphatic carbocycles. The first-order chi connectivity index (χ1) is 8.52. The first-order valence-corrected chi connectivity index (χ1v) is 5.34. The third-order valence-corrected chi connectivity index (χ3v) is 2.89. The molecule has 0 spiro atoms. The second-order valence-corrected chi connectivity index (χ2v) is 4.03. The molecule has 1 aromatic carbocycles. The topological polar surface area (TPSA) is 81.8 Å². The second-order valence-electron chi connectivity index (χ2n) is 4.03. The average molecular weight is 257 g/mol. The number of nitro benzene ring substituents is 1. The molecule has 0 amide bonds. The summed E-state index contributed by atoms with van der Waals surface area (Å²) >= 11 is 0. The lowest BCUT2D eigenvalue weighted by atomic mass is 9.88. The first kappa shape index (κ1) is 12.7. The smallest absolute Gasteiger partial charge is 0.311 e. The quantitative estimate of drug-likeness (QED) is 0.648. The summed E-state index contributed by atoms with van der Waals surface area (Å²) in [6.45, 7) is 0. The third-order valence-electron chi connectivity index (χ3n) is 2.89. The monoisotopic (exact) mass is 257 g/mol. The SMILES string of the molecule is COC1C(O)CC1Oc1cc(F)ccc1[N+](=O)[O-]. The van der Waals surface area contributed by atoms with Crippen molar-refractivity contribution in [3.8, 4) is 5.75 Å².